The minimum absolute atomic E-state index is 0.491. The van der Waals surface area contributed by atoms with E-state index >= 15 is 0 Å². The van der Waals surface area contributed by atoms with Crippen LogP contribution in [0.4, 0.5) is 0 Å². The predicted octanol–water partition coefficient (Wildman–Crippen LogP) is 1.79. The van der Waals surface area contributed by atoms with Gasteiger partial charge in [0.2, 0.25) is 0 Å². The standard InChI is InChI=1S/C13H19NO3/c1-15-11-7-13(17-3)12(16-2)6-10(11)9-4-5-14-8-9/h6-7,9,14H,4-5,8H2,1-3H3. The summed E-state index contributed by atoms with van der Waals surface area (Å²) in [6, 6.07) is 3.92. The third-order valence-corrected chi connectivity index (χ3v) is 3.24. The molecule has 94 valence electrons. The van der Waals surface area contributed by atoms with Crippen LogP contribution in [0.15, 0.2) is 12.1 Å². The zero-order valence-corrected chi connectivity index (χ0v) is 10.6. The van der Waals surface area contributed by atoms with E-state index < -0.39 is 0 Å². The van der Waals surface area contributed by atoms with Gasteiger partial charge in [0.15, 0.2) is 11.5 Å². The van der Waals surface area contributed by atoms with Crippen molar-refractivity contribution in [3.8, 4) is 17.2 Å². The van der Waals surface area contributed by atoms with Crippen LogP contribution < -0.4 is 19.5 Å². The molecule has 1 heterocycles. The smallest absolute Gasteiger partial charge is 0.164 e. The van der Waals surface area contributed by atoms with Crippen LogP contribution in [0.2, 0.25) is 0 Å². The fourth-order valence-electron chi connectivity index (χ4n) is 2.29. The van der Waals surface area contributed by atoms with Gasteiger partial charge >= 0.3 is 0 Å². The molecule has 1 aliphatic rings. The molecule has 0 spiro atoms. The summed E-state index contributed by atoms with van der Waals surface area (Å²) >= 11 is 0. The first kappa shape index (κ1) is 12.0. The van der Waals surface area contributed by atoms with E-state index in [1.54, 1.807) is 21.3 Å². The lowest BCUT2D eigenvalue weighted by molar-refractivity contribution is 0.346. The second-order valence-corrected chi connectivity index (χ2v) is 4.14. The van der Waals surface area contributed by atoms with Crippen molar-refractivity contribution in [1.29, 1.82) is 0 Å². The monoisotopic (exact) mass is 237 g/mol. The summed E-state index contributed by atoms with van der Waals surface area (Å²) < 4.78 is 16.0. The van der Waals surface area contributed by atoms with Crippen molar-refractivity contribution in [1.82, 2.24) is 5.32 Å². The third kappa shape index (κ3) is 2.31. The van der Waals surface area contributed by atoms with Crippen molar-refractivity contribution in [2.75, 3.05) is 34.4 Å². The van der Waals surface area contributed by atoms with Crippen molar-refractivity contribution in [2.45, 2.75) is 12.3 Å². The molecule has 0 aromatic heterocycles. The lowest BCUT2D eigenvalue weighted by Gasteiger charge is -2.17. The van der Waals surface area contributed by atoms with Crippen molar-refractivity contribution < 1.29 is 14.2 Å². The minimum Gasteiger partial charge on any atom is -0.496 e. The molecule has 1 fully saturated rings. The Hall–Kier alpha value is -1.42. The van der Waals surface area contributed by atoms with Gasteiger partial charge in [-0.05, 0) is 19.0 Å². The molecule has 2 rings (SSSR count). The first-order valence-electron chi connectivity index (χ1n) is 5.80. The van der Waals surface area contributed by atoms with Gasteiger partial charge in [-0.1, -0.05) is 0 Å². The predicted molar refractivity (Wildman–Crippen MR) is 66.3 cm³/mol. The van der Waals surface area contributed by atoms with E-state index in [4.69, 9.17) is 14.2 Å². The average molecular weight is 237 g/mol. The van der Waals surface area contributed by atoms with Gasteiger partial charge < -0.3 is 19.5 Å². The SMILES string of the molecule is COc1cc(OC)c(C2CCNC2)cc1OC. The highest BCUT2D eigenvalue weighted by Crippen LogP contribution is 2.39. The zero-order chi connectivity index (χ0) is 12.3. The Bertz CT molecular complexity index is 386. The first-order chi connectivity index (χ1) is 8.30. The summed E-state index contributed by atoms with van der Waals surface area (Å²) in [6.07, 6.45) is 1.13. The maximum absolute atomic E-state index is 5.44. The Labute approximate surface area is 102 Å². The first-order valence-corrected chi connectivity index (χ1v) is 5.80. The number of methoxy groups -OCH3 is 3. The summed E-state index contributed by atoms with van der Waals surface area (Å²) in [5.74, 6) is 2.83. The molecule has 1 N–H and O–H groups in total. The van der Waals surface area contributed by atoms with Crippen molar-refractivity contribution in [3.05, 3.63) is 17.7 Å². The molecule has 0 bridgehead atoms. The van der Waals surface area contributed by atoms with Crippen LogP contribution in [0.1, 0.15) is 17.9 Å². The van der Waals surface area contributed by atoms with Crippen molar-refractivity contribution in [2.24, 2.45) is 0 Å². The average Bonchev–Trinajstić information content (AvgIpc) is 2.90. The second-order valence-electron chi connectivity index (χ2n) is 4.14. The highest BCUT2D eigenvalue weighted by molar-refractivity contribution is 5.52. The van der Waals surface area contributed by atoms with Gasteiger partial charge in [-0.25, -0.2) is 0 Å². The molecule has 1 aromatic carbocycles. The Morgan fingerprint density at radius 3 is 2.18 bits per heavy atom. The van der Waals surface area contributed by atoms with Gasteiger partial charge in [-0.15, -0.1) is 0 Å². The maximum Gasteiger partial charge on any atom is 0.164 e. The van der Waals surface area contributed by atoms with Crippen molar-refractivity contribution >= 4 is 0 Å². The summed E-state index contributed by atoms with van der Waals surface area (Å²) in [6.45, 7) is 2.05. The molecule has 17 heavy (non-hydrogen) atoms. The largest absolute Gasteiger partial charge is 0.496 e. The zero-order valence-electron chi connectivity index (χ0n) is 10.6. The van der Waals surface area contributed by atoms with Crippen LogP contribution in [-0.2, 0) is 0 Å². The number of benzene rings is 1. The number of hydrogen-bond donors (Lipinski definition) is 1. The van der Waals surface area contributed by atoms with Crippen LogP contribution in [0, 0.1) is 0 Å². The fraction of sp³-hybridized carbons (Fsp3) is 0.538. The summed E-state index contributed by atoms with van der Waals surface area (Å²) in [5.41, 5.74) is 1.19. The van der Waals surface area contributed by atoms with Gasteiger partial charge in [-0.3, -0.25) is 0 Å². The van der Waals surface area contributed by atoms with E-state index in [0.717, 1.165) is 31.0 Å². The molecule has 4 nitrogen and oxygen atoms in total. The van der Waals surface area contributed by atoms with E-state index in [2.05, 4.69) is 5.32 Å². The topological polar surface area (TPSA) is 39.7 Å². The molecule has 1 atom stereocenters. The molecule has 4 heteroatoms. The second kappa shape index (κ2) is 5.27. The van der Waals surface area contributed by atoms with Gasteiger partial charge in [0.05, 0.1) is 21.3 Å². The highest BCUT2D eigenvalue weighted by atomic mass is 16.5. The van der Waals surface area contributed by atoms with Crippen LogP contribution in [0.3, 0.4) is 0 Å². The number of hydrogen-bond acceptors (Lipinski definition) is 4. The molecule has 0 radical (unpaired) electrons. The third-order valence-electron chi connectivity index (χ3n) is 3.24. The van der Waals surface area contributed by atoms with Gasteiger partial charge in [0.1, 0.15) is 5.75 Å². The molecular weight excluding hydrogens is 218 g/mol. The molecule has 0 saturated carbocycles. The quantitative estimate of drug-likeness (QED) is 0.866. The highest BCUT2D eigenvalue weighted by Gasteiger charge is 2.22. The minimum atomic E-state index is 0.491. The van der Waals surface area contributed by atoms with Gasteiger partial charge in [0.25, 0.3) is 0 Å². The molecule has 1 saturated heterocycles. The maximum atomic E-state index is 5.44. The molecule has 1 aliphatic heterocycles. The fourth-order valence-corrected chi connectivity index (χ4v) is 2.29. The lowest BCUT2D eigenvalue weighted by Crippen LogP contribution is -2.09. The summed E-state index contributed by atoms with van der Waals surface area (Å²) in [4.78, 5) is 0. The molecular formula is C13H19NO3. The van der Waals surface area contributed by atoms with E-state index in [-0.39, 0.29) is 0 Å². The van der Waals surface area contributed by atoms with Crippen molar-refractivity contribution in [3.63, 3.8) is 0 Å². The molecule has 0 aliphatic carbocycles. The summed E-state index contributed by atoms with van der Waals surface area (Å²) in [5, 5.41) is 3.36. The summed E-state index contributed by atoms with van der Waals surface area (Å²) in [7, 11) is 4.97. The lowest BCUT2D eigenvalue weighted by atomic mass is 9.97. The Kier molecular flexibility index (Phi) is 3.74. The Balaban J connectivity index is 2.41. The van der Waals surface area contributed by atoms with Gasteiger partial charge in [0, 0.05) is 24.1 Å². The van der Waals surface area contributed by atoms with E-state index in [1.165, 1.54) is 5.56 Å². The van der Waals surface area contributed by atoms with Crippen LogP contribution in [0.5, 0.6) is 17.2 Å². The molecule has 0 amide bonds. The number of ether oxygens (including phenoxy) is 3. The Morgan fingerprint density at radius 1 is 1.00 bits per heavy atom. The van der Waals surface area contributed by atoms with Crippen LogP contribution >= 0.6 is 0 Å². The van der Waals surface area contributed by atoms with Crippen LogP contribution in [-0.4, -0.2) is 34.4 Å². The molecule has 1 unspecified atom stereocenters. The number of rotatable bonds is 4. The molecule has 1 aromatic rings. The van der Waals surface area contributed by atoms with Crippen LogP contribution in [0.25, 0.3) is 0 Å². The van der Waals surface area contributed by atoms with E-state index in [0.29, 0.717) is 11.7 Å². The Morgan fingerprint density at radius 2 is 1.65 bits per heavy atom. The van der Waals surface area contributed by atoms with E-state index in [9.17, 15) is 0 Å². The van der Waals surface area contributed by atoms with Gasteiger partial charge in [-0.2, -0.15) is 0 Å². The van der Waals surface area contributed by atoms with E-state index in [1.807, 2.05) is 12.1 Å². The number of nitrogens with one attached hydrogen (secondary N) is 1. The normalized spacial score (nSPS) is 19.1.